The number of fused-ring (bicyclic) bond motifs is 3. The first kappa shape index (κ1) is 20.7. The molecule has 1 nitrogen and oxygen atoms in total. The molecule has 1 heterocycles. The summed E-state index contributed by atoms with van der Waals surface area (Å²) in [6, 6.07) is 37.3. The number of rotatable bonds is 4. The van der Waals surface area contributed by atoms with E-state index in [-0.39, 0.29) is 0 Å². The van der Waals surface area contributed by atoms with Gasteiger partial charge in [-0.25, -0.2) is 0 Å². The van der Waals surface area contributed by atoms with E-state index in [2.05, 4.69) is 133 Å². The van der Waals surface area contributed by atoms with Gasteiger partial charge in [0.2, 0.25) is 0 Å². The SMILES string of the molecule is C=Cc1c(/C=C\C)c2c3cccc4cc(-c5ccccc5)c5cccc(c5c43)c2n1-c1ccccc1. The van der Waals surface area contributed by atoms with Crippen molar-refractivity contribution >= 4 is 55.4 Å². The zero-order chi connectivity index (χ0) is 24.2. The van der Waals surface area contributed by atoms with Crippen molar-refractivity contribution in [2.24, 2.45) is 0 Å². The Hall–Kier alpha value is -4.62. The van der Waals surface area contributed by atoms with Crippen LogP contribution in [0.4, 0.5) is 0 Å². The Morgan fingerprint density at radius 1 is 0.667 bits per heavy atom. The second-order valence-electron chi connectivity index (χ2n) is 9.32. The van der Waals surface area contributed by atoms with Crippen molar-refractivity contribution in [1.29, 1.82) is 0 Å². The van der Waals surface area contributed by atoms with Gasteiger partial charge in [0.1, 0.15) is 0 Å². The Labute approximate surface area is 210 Å². The summed E-state index contributed by atoms with van der Waals surface area (Å²) < 4.78 is 2.39. The number of allylic oxidation sites excluding steroid dienone is 1. The van der Waals surface area contributed by atoms with Crippen molar-refractivity contribution in [2.75, 3.05) is 0 Å². The van der Waals surface area contributed by atoms with Crippen LogP contribution in [0.3, 0.4) is 0 Å². The lowest BCUT2D eigenvalue weighted by molar-refractivity contribution is 1.11. The van der Waals surface area contributed by atoms with E-state index in [1.807, 2.05) is 6.08 Å². The first-order valence-electron chi connectivity index (χ1n) is 12.5. The average Bonchev–Trinajstić information content (AvgIpc) is 3.27. The first-order chi connectivity index (χ1) is 17.8. The third-order valence-corrected chi connectivity index (χ3v) is 7.40. The molecule has 1 aromatic heterocycles. The van der Waals surface area contributed by atoms with Crippen LogP contribution in [0, 0.1) is 0 Å². The highest BCUT2D eigenvalue weighted by atomic mass is 15.0. The highest BCUT2D eigenvalue weighted by Crippen LogP contribution is 2.47. The van der Waals surface area contributed by atoms with Crippen LogP contribution in [0.1, 0.15) is 18.2 Å². The van der Waals surface area contributed by atoms with Crippen molar-refractivity contribution in [1.82, 2.24) is 4.57 Å². The lowest BCUT2D eigenvalue weighted by Crippen LogP contribution is -1.97. The van der Waals surface area contributed by atoms with Gasteiger partial charge in [0.05, 0.1) is 11.2 Å². The average molecular weight is 460 g/mol. The van der Waals surface area contributed by atoms with Gasteiger partial charge in [0, 0.05) is 27.4 Å². The van der Waals surface area contributed by atoms with E-state index in [0.717, 1.165) is 11.4 Å². The summed E-state index contributed by atoms with van der Waals surface area (Å²) in [5.74, 6) is 0. The molecule has 7 rings (SSSR count). The van der Waals surface area contributed by atoms with Crippen LogP contribution in [0.25, 0.3) is 72.2 Å². The van der Waals surface area contributed by atoms with Gasteiger partial charge in [0.15, 0.2) is 0 Å². The van der Waals surface area contributed by atoms with Crippen LogP contribution >= 0.6 is 0 Å². The lowest BCUT2D eigenvalue weighted by atomic mass is 9.87. The molecular weight excluding hydrogens is 434 g/mol. The number of benzene rings is 6. The third kappa shape index (κ3) is 2.77. The minimum atomic E-state index is 1.12. The highest BCUT2D eigenvalue weighted by Gasteiger charge is 2.23. The van der Waals surface area contributed by atoms with Gasteiger partial charge in [-0.2, -0.15) is 0 Å². The monoisotopic (exact) mass is 459 g/mol. The summed E-state index contributed by atoms with van der Waals surface area (Å²) in [6.07, 6.45) is 6.37. The summed E-state index contributed by atoms with van der Waals surface area (Å²) in [7, 11) is 0. The molecule has 0 N–H and O–H groups in total. The number of para-hydroxylation sites is 1. The largest absolute Gasteiger partial charge is 0.309 e. The smallest absolute Gasteiger partial charge is 0.0626 e. The molecule has 6 aromatic carbocycles. The molecule has 0 radical (unpaired) electrons. The predicted molar refractivity (Wildman–Crippen MR) is 157 cm³/mol. The van der Waals surface area contributed by atoms with Gasteiger partial charge in [-0.1, -0.05) is 104 Å². The fourth-order valence-corrected chi connectivity index (χ4v) is 6.03. The van der Waals surface area contributed by atoms with Gasteiger partial charge in [-0.3, -0.25) is 0 Å². The number of hydrogen-bond acceptors (Lipinski definition) is 0. The Balaban J connectivity index is 1.80. The molecule has 0 aliphatic rings. The second kappa shape index (κ2) is 7.96. The lowest BCUT2D eigenvalue weighted by Gasteiger charge is -2.18. The summed E-state index contributed by atoms with van der Waals surface area (Å²) in [5, 5.41) is 9.07. The van der Waals surface area contributed by atoms with Gasteiger partial charge in [0.25, 0.3) is 0 Å². The third-order valence-electron chi connectivity index (χ3n) is 7.40. The molecule has 0 aliphatic heterocycles. The fraction of sp³-hybridized carbons (Fsp3) is 0.0286. The number of hydrogen-bond donors (Lipinski definition) is 0. The molecule has 170 valence electrons. The van der Waals surface area contributed by atoms with Gasteiger partial charge in [-0.15, -0.1) is 0 Å². The zero-order valence-electron chi connectivity index (χ0n) is 20.2. The van der Waals surface area contributed by atoms with Gasteiger partial charge >= 0.3 is 0 Å². The molecule has 0 spiro atoms. The molecule has 0 saturated carbocycles. The summed E-state index contributed by atoms with van der Waals surface area (Å²) in [6.45, 7) is 6.34. The molecule has 0 aliphatic carbocycles. The molecular formula is C35H25N. The van der Waals surface area contributed by atoms with Crippen LogP contribution in [0.15, 0.2) is 116 Å². The van der Waals surface area contributed by atoms with Crippen LogP contribution in [-0.2, 0) is 0 Å². The quantitative estimate of drug-likeness (QED) is 0.231. The van der Waals surface area contributed by atoms with Gasteiger partial charge in [-0.05, 0) is 63.9 Å². The van der Waals surface area contributed by atoms with Crippen LogP contribution in [0.5, 0.6) is 0 Å². The van der Waals surface area contributed by atoms with Crippen molar-refractivity contribution in [2.45, 2.75) is 6.92 Å². The Morgan fingerprint density at radius 2 is 1.36 bits per heavy atom. The molecule has 1 heteroatoms. The van der Waals surface area contributed by atoms with E-state index in [4.69, 9.17) is 0 Å². The topological polar surface area (TPSA) is 4.93 Å². The van der Waals surface area contributed by atoms with E-state index >= 15 is 0 Å². The number of aromatic nitrogens is 1. The minimum absolute atomic E-state index is 1.12. The maximum atomic E-state index is 4.25. The van der Waals surface area contributed by atoms with Crippen LogP contribution < -0.4 is 0 Å². The van der Waals surface area contributed by atoms with Crippen molar-refractivity contribution < 1.29 is 0 Å². The van der Waals surface area contributed by atoms with E-state index in [0.29, 0.717) is 0 Å². The maximum Gasteiger partial charge on any atom is 0.0626 e. The maximum absolute atomic E-state index is 4.25. The van der Waals surface area contributed by atoms with Crippen molar-refractivity contribution in [3.63, 3.8) is 0 Å². The molecule has 0 fully saturated rings. The molecule has 0 unspecified atom stereocenters. The normalized spacial score (nSPS) is 12.0. The highest BCUT2D eigenvalue weighted by molar-refractivity contribution is 6.36. The molecule has 0 saturated heterocycles. The van der Waals surface area contributed by atoms with E-state index in [1.54, 1.807) is 0 Å². The van der Waals surface area contributed by atoms with E-state index < -0.39 is 0 Å². The Kier molecular flexibility index (Phi) is 4.59. The van der Waals surface area contributed by atoms with Crippen molar-refractivity contribution in [3.8, 4) is 16.8 Å². The van der Waals surface area contributed by atoms with E-state index in [1.165, 1.54) is 59.9 Å². The molecule has 36 heavy (non-hydrogen) atoms. The number of nitrogens with zero attached hydrogens (tertiary/aromatic N) is 1. The van der Waals surface area contributed by atoms with E-state index in [9.17, 15) is 0 Å². The van der Waals surface area contributed by atoms with Crippen LogP contribution in [0.2, 0.25) is 0 Å². The summed E-state index contributed by atoms with van der Waals surface area (Å²) >= 11 is 0. The second-order valence-corrected chi connectivity index (χ2v) is 9.32. The zero-order valence-corrected chi connectivity index (χ0v) is 20.2. The minimum Gasteiger partial charge on any atom is -0.309 e. The van der Waals surface area contributed by atoms with Crippen molar-refractivity contribution in [3.05, 3.63) is 127 Å². The Bertz CT molecular complexity index is 1940. The van der Waals surface area contributed by atoms with Gasteiger partial charge < -0.3 is 4.57 Å². The predicted octanol–water partition coefficient (Wildman–Crippen LogP) is 9.87. The molecule has 0 amide bonds. The fourth-order valence-electron chi connectivity index (χ4n) is 6.03. The first-order valence-corrected chi connectivity index (χ1v) is 12.5. The summed E-state index contributed by atoms with van der Waals surface area (Å²) in [4.78, 5) is 0. The molecule has 0 atom stereocenters. The standard InChI is InChI=1S/C35H25N/c1-3-13-27-31(4-2)36(25-17-9-6-10-18-25)35-29-21-12-19-26-30(23-14-7-5-8-15-23)22-24-16-11-20-28(34(27)35)32(24)33(26)29/h3-22H,2H2,1H3/b13-3-. The van der Waals surface area contributed by atoms with Crippen LogP contribution in [-0.4, -0.2) is 4.57 Å². The Morgan fingerprint density at radius 3 is 2.11 bits per heavy atom. The molecule has 0 bridgehead atoms. The molecule has 7 aromatic rings. The summed E-state index contributed by atoms with van der Waals surface area (Å²) in [5.41, 5.74) is 7.23.